The zero-order chi connectivity index (χ0) is 17.1. The van der Waals surface area contributed by atoms with Crippen molar-refractivity contribution in [3.63, 3.8) is 0 Å². The SMILES string of the molecule is COc1ccc(CN2CCC(Cc3cnn(C)c3)C2)c(Cl)c1OC. The van der Waals surface area contributed by atoms with Crippen LogP contribution >= 0.6 is 11.6 Å². The van der Waals surface area contributed by atoms with Gasteiger partial charge in [0, 0.05) is 26.3 Å². The smallest absolute Gasteiger partial charge is 0.179 e. The normalized spacial score (nSPS) is 18.1. The largest absolute Gasteiger partial charge is 0.493 e. The van der Waals surface area contributed by atoms with Crippen molar-refractivity contribution < 1.29 is 9.47 Å². The van der Waals surface area contributed by atoms with Crippen molar-refractivity contribution in [3.8, 4) is 11.5 Å². The Morgan fingerprint density at radius 2 is 2.12 bits per heavy atom. The highest BCUT2D eigenvalue weighted by Crippen LogP contribution is 2.38. The number of aromatic nitrogens is 2. The predicted molar refractivity (Wildman–Crippen MR) is 94.9 cm³/mol. The van der Waals surface area contributed by atoms with E-state index in [0.717, 1.165) is 31.6 Å². The second kappa shape index (κ2) is 7.45. The van der Waals surface area contributed by atoms with Crippen molar-refractivity contribution in [3.05, 3.63) is 40.7 Å². The van der Waals surface area contributed by atoms with Gasteiger partial charge in [-0.05, 0) is 42.5 Å². The van der Waals surface area contributed by atoms with Crippen LogP contribution in [0.15, 0.2) is 24.5 Å². The lowest BCUT2D eigenvalue weighted by atomic mass is 10.0. The van der Waals surface area contributed by atoms with E-state index in [1.807, 2.05) is 30.1 Å². The van der Waals surface area contributed by atoms with Crippen molar-refractivity contribution in [2.75, 3.05) is 27.3 Å². The summed E-state index contributed by atoms with van der Waals surface area (Å²) in [7, 11) is 5.20. The van der Waals surface area contributed by atoms with Gasteiger partial charge in [-0.25, -0.2) is 0 Å². The summed E-state index contributed by atoms with van der Waals surface area (Å²) in [4.78, 5) is 2.45. The van der Waals surface area contributed by atoms with Crippen molar-refractivity contribution >= 4 is 11.6 Å². The number of ether oxygens (including phenoxy) is 2. The number of hydrogen-bond acceptors (Lipinski definition) is 4. The van der Waals surface area contributed by atoms with Gasteiger partial charge in [0.05, 0.1) is 25.4 Å². The van der Waals surface area contributed by atoms with E-state index in [0.29, 0.717) is 22.4 Å². The number of benzene rings is 1. The van der Waals surface area contributed by atoms with Crippen LogP contribution < -0.4 is 9.47 Å². The zero-order valence-electron chi connectivity index (χ0n) is 14.5. The summed E-state index contributed by atoms with van der Waals surface area (Å²) in [5.74, 6) is 1.96. The lowest BCUT2D eigenvalue weighted by Crippen LogP contribution is -2.21. The maximum atomic E-state index is 6.50. The number of aryl methyl sites for hydroxylation is 1. The Hall–Kier alpha value is -1.72. The highest BCUT2D eigenvalue weighted by molar-refractivity contribution is 6.33. The quantitative estimate of drug-likeness (QED) is 0.803. The minimum Gasteiger partial charge on any atom is -0.493 e. The molecule has 1 unspecified atom stereocenters. The molecular weight excluding hydrogens is 326 g/mol. The van der Waals surface area contributed by atoms with E-state index in [1.165, 1.54) is 12.0 Å². The van der Waals surface area contributed by atoms with Gasteiger partial charge in [-0.3, -0.25) is 9.58 Å². The molecule has 130 valence electrons. The van der Waals surface area contributed by atoms with E-state index in [-0.39, 0.29) is 0 Å². The molecule has 0 spiro atoms. The van der Waals surface area contributed by atoms with Crippen LogP contribution in [0.3, 0.4) is 0 Å². The summed E-state index contributed by atoms with van der Waals surface area (Å²) in [5.41, 5.74) is 2.39. The summed E-state index contributed by atoms with van der Waals surface area (Å²) in [6.45, 7) is 3.01. The Balaban J connectivity index is 1.63. The van der Waals surface area contributed by atoms with E-state index in [9.17, 15) is 0 Å². The molecule has 1 aromatic carbocycles. The molecule has 0 amide bonds. The minimum absolute atomic E-state index is 0.614. The van der Waals surface area contributed by atoms with Gasteiger partial charge in [0.15, 0.2) is 11.5 Å². The second-order valence-electron chi connectivity index (χ2n) is 6.39. The summed E-state index contributed by atoms with van der Waals surface area (Å²) in [5, 5.41) is 4.90. The molecule has 24 heavy (non-hydrogen) atoms. The average molecular weight is 350 g/mol. The van der Waals surface area contributed by atoms with E-state index in [1.54, 1.807) is 14.2 Å². The molecule has 2 heterocycles. The van der Waals surface area contributed by atoms with E-state index >= 15 is 0 Å². The predicted octanol–water partition coefficient (Wildman–Crippen LogP) is 3.16. The maximum Gasteiger partial charge on any atom is 0.179 e. The highest BCUT2D eigenvalue weighted by Gasteiger charge is 2.24. The van der Waals surface area contributed by atoms with Crippen LogP contribution in [0.25, 0.3) is 0 Å². The summed E-state index contributed by atoms with van der Waals surface area (Å²) >= 11 is 6.50. The lowest BCUT2D eigenvalue weighted by Gasteiger charge is -2.19. The summed E-state index contributed by atoms with van der Waals surface area (Å²) in [6, 6.07) is 3.95. The number of hydrogen-bond donors (Lipinski definition) is 0. The molecule has 0 bridgehead atoms. The molecule has 1 aromatic heterocycles. The molecule has 0 N–H and O–H groups in total. The Bertz CT molecular complexity index is 702. The van der Waals surface area contributed by atoms with Gasteiger partial charge in [0.25, 0.3) is 0 Å². The third-order valence-corrected chi connectivity index (χ3v) is 5.03. The number of methoxy groups -OCH3 is 2. The molecule has 6 heteroatoms. The molecule has 3 rings (SSSR count). The molecule has 2 aromatic rings. The van der Waals surface area contributed by atoms with Gasteiger partial charge in [-0.15, -0.1) is 0 Å². The van der Waals surface area contributed by atoms with Gasteiger partial charge >= 0.3 is 0 Å². The van der Waals surface area contributed by atoms with Crippen molar-refractivity contribution in [1.29, 1.82) is 0 Å². The highest BCUT2D eigenvalue weighted by atomic mass is 35.5. The van der Waals surface area contributed by atoms with E-state index in [4.69, 9.17) is 21.1 Å². The number of halogens is 1. The van der Waals surface area contributed by atoms with Crippen molar-refractivity contribution in [2.24, 2.45) is 13.0 Å². The third kappa shape index (κ3) is 3.68. The first-order chi connectivity index (χ1) is 11.6. The molecule has 1 atom stereocenters. The molecule has 0 aliphatic carbocycles. The van der Waals surface area contributed by atoms with Gasteiger partial charge in [0.2, 0.25) is 0 Å². The van der Waals surface area contributed by atoms with Crippen LogP contribution in [-0.4, -0.2) is 42.0 Å². The topological polar surface area (TPSA) is 39.5 Å². The van der Waals surface area contributed by atoms with Crippen molar-refractivity contribution in [1.82, 2.24) is 14.7 Å². The number of rotatable bonds is 6. The van der Waals surface area contributed by atoms with Crippen LogP contribution in [0.4, 0.5) is 0 Å². The van der Waals surface area contributed by atoms with E-state index in [2.05, 4.69) is 16.2 Å². The minimum atomic E-state index is 0.614. The van der Waals surface area contributed by atoms with Crippen LogP contribution in [0.5, 0.6) is 11.5 Å². The molecule has 0 saturated carbocycles. The second-order valence-corrected chi connectivity index (χ2v) is 6.77. The molecule has 1 saturated heterocycles. The van der Waals surface area contributed by atoms with E-state index < -0.39 is 0 Å². The van der Waals surface area contributed by atoms with Crippen molar-refractivity contribution in [2.45, 2.75) is 19.4 Å². The number of nitrogens with zero attached hydrogens (tertiary/aromatic N) is 3. The fraction of sp³-hybridized carbons (Fsp3) is 0.500. The van der Waals surface area contributed by atoms with Gasteiger partial charge < -0.3 is 9.47 Å². The summed E-state index contributed by atoms with van der Waals surface area (Å²) < 4.78 is 12.6. The zero-order valence-corrected chi connectivity index (χ0v) is 15.2. The first-order valence-electron chi connectivity index (χ1n) is 8.20. The number of likely N-dealkylation sites (tertiary alicyclic amines) is 1. The third-order valence-electron chi connectivity index (χ3n) is 4.61. The van der Waals surface area contributed by atoms with Crippen LogP contribution in [0, 0.1) is 5.92 Å². The first kappa shape index (κ1) is 17.1. The van der Waals surface area contributed by atoms with Crippen LogP contribution in [-0.2, 0) is 20.0 Å². The van der Waals surface area contributed by atoms with Gasteiger partial charge in [-0.1, -0.05) is 17.7 Å². The Labute approximate surface area is 148 Å². The molecule has 0 radical (unpaired) electrons. The lowest BCUT2D eigenvalue weighted by molar-refractivity contribution is 0.314. The first-order valence-corrected chi connectivity index (χ1v) is 8.57. The van der Waals surface area contributed by atoms with Gasteiger partial charge in [-0.2, -0.15) is 5.10 Å². The fourth-order valence-electron chi connectivity index (χ4n) is 3.43. The Kier molecular flexibility index (Phi) is 5.31. The maximum absolute atomic E-state index is 6.50. The summed E-state index contributed by atoms with van der Waals surface area (Å²) in [6.07, 6.45) is 6.37. The molecule has 5 nitrogen and oxygen atoms in total. The molecular formula is C18H24ClN3O2. The Morgan fingerprint density at radius 3 is 2.79 bits per heavy atom. The van der Waals surface area contributed by atoms with Gasteiger partial charge in [0.1, 0.15) is 0 Å². The monoisotopic (exact) mass is 349 g/mol. The average Bonchev–Trinajstić information content (AvgIpc) is 3.18. The van der Waals surface area contributed by atoms with Crippen LogP contribution in [0.1, 0.15) is 17.5 Å². The molecule has 1 fully saturated rings. The standard InChI is InChI=1S/C18H24ClN3O2/c1-21-10-14(9-20-21)8-13-6-7-22(11-13)12-15-4-5-16(23-2)18(24-3)17(15)19/h4-5,9-10,13H,6-8,11-12H2,1-3H3. The Morgan fingerprint density at radius 1 is 1.29 bits per heavy atom. The van der Waals surface area contributed by atoms with Crippen LogP contribution in [0.2, 0.25) is 5.02 Å². The molecule has 1 aliphatic rings. The molecule has 1 aliphatic heterocycles. The fourth-order valence-corrected chi connectivity index (χ4v) is 3.72.